The van der Waals surface area contributed by atoms with E-state index in [-0.39, 0.29) is 0 Å². The van der Waals surface area contributed by atoms with Crippen molar-refractivity contribution in [3.05, 3.63) is 0 Å². The Hall–Kier alpha value is -0.0400. The fourth-order valence-electron chi connectivity index (χ4n) is 2.95. The normalized spacial score (nSPS) is 12.8. The van der Waals surface area contributed by atoms with Gasteiger partial charge in [0, 0.05) is 6.04 Å². The summed E-state index contributed by atoms with van der Waals surface area (Å²) in [6, 6.07) is 0.774. The molecule has 0 aliphatic rings. The molecule has 0 rings (SSSR count). The standard InChI is InChI=1S/C19H41N/c1-4-6-8-10-11-12-13-14-16-18-19(20-3)17-15-9-7-5-2/h19-20H,4-18H2,1-3H3. The van der Waals surface area contributed by atoms with E-state index < -0.39 is 0 Å². The first-order chi connectivity index (χ1) is 9.85. The molecule has 0 aliphatic heterocycles. The van der Waals surface area contributed by atoms with Crippen molar-refractivity contribution in [2.75, 3.05) is 7.05 Å². The van der Waals surface area contributed by atoms with Gasteiger partial charge in [0.25, 0.3) is 0 Å². The number of hydrogen-bond acceptors (Lipinski definition) is 1. The molecule has 1 atom stereocenters. The van der Waals surface area contributed by atoms with E-state index in [9.17, 15) is 0 Å². The van der Waals surface area contributed by atoms with Crippen LogP contribution in [0.1, 0.15) is 110 Å². The average molecular weight is 284 g/mol. The molecule has 0 aromatic rings. The van der Waals surface area contributed by atoms with Crippen LogP contribution in [0.4, 0.5) is 0 Å². The van der Waals surface area contributed by atoms with Gasteiger partial charge in [-0.05, 0) is 19.9 Å². The summed E-state index contributed by atoms with van der Waals surface area (Å²) in [7, 11) is 2.14. The van der Waals surface area contributed by atoms with Crippen molar-refractivity contribution in [2.24, 2.45) is 0 Å². The SMILES string of the molecule is CCCCCCCCCCCC(CCCCCC)NC. The van der Waals surface area contributed by atoms with Crippen molar-refractivity contribution >= 4 is 0 Å². The first-order valence-corrected chi connectivity index (χ1v) is 9.52. The van der Waals surface area contributed by atoms with Crippen LogP contribution in [-0.4, -0.2) is 13.1 Å². The van der Waals surface area contributed by atoms with E-state index in [1.807, 2.05) is 0 Å². The fourth-order valence-corrected chi connectivity index (χ4v) is 2.95. The molecule has 0 aliphatic carbocycles. The van der Waals surface area contributed by atoms with Gasteiger partial charge >= 0.3 is 0 Å². The molecule has 1 heteroatoms. The van der Waals surface area contributed by atoms with Crippen LogP contribution < -0.4 is 5.32 Å². The molecular weight excluding hydrogens is 242 g/mol. The predicted molar refractivity (Wildman–Crippen MR) is 93.5 cm³/mol. The number of hydrogen-bond donors (Lipinski definition) is 1. The second-order valence-electron chi connectivity index (χ2n) is 6.45. The van der Waals surface area contributed by atoms with E-state index in [0.29, 0.717) is 0 Å². The second kappa shape index (κ2) is 17.0. The molecular formula is C19H41N. The Morgan fingerprint density at radius 2 is 0.900 bits per heavy atom. The van der Waals surface area contributed by atoms with Crippen LogP contribution in [0, 0.1) is 0 Å². The summed E-state index contributed by atoms with van der Waals surface area (Å²) in [4.78, 5) is 0. The molecule has 1 N–H and O–H groups in total. The van der Waals surface area contributed by atoms with Gasteiger partial charge in [-0.15, -0.1) is 0 Å². The summed E-state index contributed by atoms with van der Waals surface area (Å²) in [5.74, 6) is 0. The Labute approximate surface area is 129 Å². The molecule has 1 nitrogen and oxygen atoms in total. The summed E-state index contributed by atoms with van der Waals surface area (Å²) in [6.07, 6.45) is 21.3. The third kappa shape index (κ3) is 14.4. The Bertz CT molecular complexity index is 167. The first-order valence-electron chi connectivity index (χ1n) is 9.52. The van der Waals surface area contributed by atoms with Crippen molar-refractivity contribution in [1.82, 2.24) is 5.32 Å². The lowest BCUT2D eigenvalue weighted by Crippen LogP contribution is -2.24. The van der Waals surface area contributed by atoms with Crippen molar-refractivity contribution in [1.29, 1.82) is 0 Å². The monoisotopic (exact) mass is 283 g/mol. The van der Waals surface area contributed by atoms with Crippen LogP contribution in [0.25, 0.3) is 0 Å². The smallest absolute Gasteiger partial charge is 0.00640 e. The summed E-state index contributed by atoms with van der Waals surface area (Å²) < 4.78 is 0. The highest BCUT2D eigenvalue weighted by Gasteiger charge is 2.05. The molecule has 122 valence electrons. The van der Waals surface area contributed by atoms with E-state index in [1.165, 1.54) is 96.3 Å². The fraction of sp³-hybridized carbons (Fsp3) is 1.00. The van der Waals surface area contributed by atoms with Gasteiger partial charge in [-0.1, -0.05) is 97.3 Å². The van der Waals surface area contributed by atoms with E-state index in [0.717, 1.165) is 6.04 Å². The molecule has 0 bridgehead atoms. The maximum atomic E-state index is 3.50. The van der Waals surface area contributed by atoms with E-state index >= 15 is 0 Å². The lowest BCUT2D eigenvalue weighted by molar-refractivity contribution is 0.437. The summed E-state index contributed by atoms with van der Waals surface area (Å²) >= 11 is 0. The Kier molecular flexibility index (Phi) is 17.0. The molecule has 0 amide bonds. The minimum atomic E-state index is 0.774. The molecule has 0 spiro atoms. The largest absolute Gasteiger partial charge is 0.317 e. The van der Waals surface area contributed by atoms with Gasteiger partial charge < -0.3 is 5.32 Å². The van der Waals surface area contributed by atoms with Crippen LogP contribution >= 0.6 is 0 Å². The number of unbranched alkanes of at least 4 members (excludes halogenated alkanes) is 11. The zero-order chi connectivity index (χ0) is 14.9. The highest BCUT2D eigenvalue weighted by molar-refractivity contribution is 4.64. The van der Waals surface area contributed by atoms with E-state index in [2.05, 4.69) is 26.2 Å². The maximum Gasteiger partial charge on any atom is 0.00640 e. The predicted octanol–water partition coefficient (Wildman–Crippen LogP) is 6.47. The molecule has 0 aromatic heterocycles. The molecule has 0 radical (unpaired) electrons. The van der Waals surface area contributed by atoms with Gasteiger partial charge in [-0.2, -0.15) is 0 Å². The van der Waals surface area contributed by atoms with Crippen LogP contribution in [0.3, 0.4) is 0 Å². The van der Waals surface area contributed by atoms with Crippen molar-refractivity contribution < 1.29 is 0 Å². The maximum absolute atomic E-state index is 3.50. The Balaban J connectivity index is 3.24. The topological polar surface area (TPSA) is 12.0 Å². The van der Waals surface area contributed by atoms with Crippen molar-refractivity contribution in [3.8, 4) is 0 Å². The highest BCUT2D eigenvalue weighted by atomic mass is 14.9. The van der Waals surface area contributed by atoms with Crippen LogP contribution in [0.5, 0.6) is 0 Å². The summed E-state index contributed by atoms with van der Waals surface area (Å²) in [6.45, 7) is 4.58. The zero-order valence-electron chi connectivity index (χ0n) is 14.7. The van der Waals surface area contributed by atoms with Crippen molar-refractivity contribution in [2.45, 2.75) is 116 Å². The van der Waals surface area contributed by atoms with Gasteiger partial charge in [-0.25, -0.2) is 0 Å². The third-order valence-electron chi connectivity index (χ3n) is 4.47. The van der Waals surface area contributed by atoms with Crippen molar-refractivity contribution in [3.63, 3.8) is 0 Å². The van der Waals surface area contributed by atoms with E-state index in [4.69, 9.17) is 0 Å². The summed E-state index contributed by atoms with van der Waals surface area (Å²) in [5.41, 5.74) is 0. The van der Waals surface area contributed by atoms with Gasteiger partial charge in [0.1, 0.15) is 0 Å². The van der Waals surface area contributed by atoms with Gasteiger partial charge in [0.15, 0.2) is 0 Å². The average Bonchev–Trinajstić information content (AvgIpc) is 2.47. The summed E-state index contributed by atoms with van der Waals surface area (Å²) in [5, 5.41) is 3.50. The lowest BCUT2D eigenvalue weighted by atomic mass is 10.0. The number of nitrogens with one attached hydrogen (secondary N) is 1. The third-order valence-corrected chi connectivity index (χ3v) is 4.47. The minimum absolute atomic E-state index is 0.774. The highest BCUT2D eigenvalue weighted by Crippen LogP contribution is 2.14. The molecule has 0 saturated carbocycles. The van der Waals surface area contributed by atoms with E-state index in [1.54, 1.807) is 0 Å². The second-order valence-corrected chi connectivity index (χ2v) is 6.45. The first kappa shape index (κ1) is 20.0. The van der Waals surface area contributed by atoms with Gasteiger partial charge in [0.2, 0.25) is 0 Å². The van der Waals surface area contributed by atoms with Crippen LogP contribution in [-0.2, 0) is 0 Å². The molecule has 0 saturated heterocycles. The van der Waals surface area contributed by atoms with Crippen LogP contribution in [0.2, 0.25) is 0 Å². The lowest BCUT2D eigenvalue weighted by Gasteiger charge is -2.15. The quantitative estimate of drug-likeness (QED) is 0.320. The molecule has 0 aromatic carbocycles. The molecule has 0 fully saturated rings. The Morgan fingerprint density at radius 3 is 1.30 bits per heavy atom. The number of rotatable bonds is 16. The van der Waals surface area contributed by atoms with Crippen LogP contribution in [0.15, 0.2) is 0 Å². The molecule has 1 unspecified atom stereocenters. The van der Waals surface area contributed by atoms with Gasteiger partial charge in [-0.3, -0.25) is 0 Å². The Morgan fingerprint density at radius 1 is 0.550 bits per heavy atom. The molecule has 0 heterocycles. The zero-order valence-corrected chi connectivity index (χ0v) is 14.7. The van der Waals surface area contributed by atoms with Gasteiger partial charge in [0.05, 0.1) is 0 Å². The molecule has 20 heavy (non-hydrogen) atoms. The minimum Gasteiger partial charge on any atom is -0.317 e.